The molecule has 0 saturated carbocycles. The Hall–Kier alpha value is -2.63. The molecular formula is C15H19N5O. The maximum atomic E-state index is 5.83. The van der Waals surface area contributed by atoms with Crippen molar-refractivity contribution in [3.8, 4) is 5.75 Å². The molecule has 6 heteroatoms. The molecule has 0 saturated heterocycles. The van der Waals surface area contributed by atoms with Crippen molar-refractivity contribution in [1.82, 2.24) is 10.2 Å². The number of rotatable bonds is 5. The second-order valence-electron chi connectivity index (χ2n) is 4.73. The minimum Gasteiger partial charge on any atom is -0.491 e. The predicted octanol–water partition coefficient (Wildman–Crippen LogP) is 2.19. The first kappa shape index (κ1) is 14.8. The second kappa shape index (κ2) is 7.23. The molecule has 0 aliphatic heterocycles. The van der Waals surface area contributed by atoms with Gasteiger partial charge in [0.05, 0.1) is 18.3 Å². The lowest BCUT2D eigenvalue weighted by molar-refractivity contribution is 0.242. The van der Waals surface area contributed by atoms with Crippen LogP contribution >= 0.6 is 0 Å². The number of nitrogens with zero attached hydrogens (tertiary/aromatic N) is 3. The van der Waals surface area contributed by atoms with Gasteiger partial charge in [0.25, 0.3) is 0 Å². The zero-order chi connectivity index (χ0) is 15.1. The molecule has 0 atom stereocenters. The van der Waals surface area contributed by atoms with Crippen molar-refractivity contribution in [3.63, 3.8) is 0 Å². The van der Waals surface area contributed by atoms with Gasteiger partial charge in [-0.05, 0) is 50.2 Å². The van der Waals surface area contributed by atoms with Gasteiger partial charge in [0, 0.05) is 11.9 Å². The lowest BCUT2D eigenvalue weighted by Crippen LogP contribution is -2.22. The normalized spacial score (nSPS) is 11.5. The number of nitrogens with two attached hydrogens (primary N) is 1. The van der Waals surface area contributed by atoms with Gasteiger partial charge in [0.1, 0.15) is 5.75 Å². The average molecular weight is 285 g/mol. The van der Waals surface area contributed by atoms with Gasteiger partial charge < -0.3 is 15.8 Å². The topological polar surface area (TPSA) is 85.4 Å². The third-order valence-corrected chi connectivity index (χ3v) is 2.54. The molecule has 1 heterocycles. The Morgan fingerprint density at radius 1 is 1.29 bits per heavy atom. The molecule has 1 aromatic heterocycles. The van der Waals surface area contributed by atoms with Crippen LogP contribution in [0.4, 0.5) is 5.69 Å². The van der Waals surface area contributed by atoms with Gasteiger partial charge in [0.15, 0.2) is 5.96 Å². The number of hydrogen-bond acceptors (Lipinski definition) is 4. The Bertz CT molecular complexity index is 581. The van der Waals surface area contributed by atoms with E-state index < -0.39 is 0 Å². The SMILES string of the molecule is CC(C)Oc1ccc(NC(N)=NCc2cccnn2)cc1. The van der Waals surface area contributed by atoms with Crippen molar-refractivity contribution in [2.24, 2.45) is 10.7 Å². The molecule has 6 nitrogen and oxygen atoms in total. The molecule has 0 aliphatic carbocycles. The van der Waals surface area contributed by atoms with E-state index >= 15 is 0 Å². The van der Waals surface area contributed by atoms with Crippen LogP contribution in [0.1, 0.15) is 19.5 Å². The largest absolute Gasteiger partial charge is 0.491 e. The van der Waals surface area contributed by atoms with Crippen LogP contribution in [-0.4, -0.2) is 22.3 Å². The van der Waals surface area contributed by atoms with E-state index in [0.717, 1.165) is 17.1 Å². The summed E-state index contributed by atoms with van der Waals surface area (Å²) >= 11 is 0. The zero-order valence-corrected chi connectivity index (χ0v) is 12.2. The first-order chi connectivity index (χ1) is 10.1. The molecule has 2 rings (SSSR count). The summed E-state index contributed by atoms with van der Waals surface area (Å²) in [5.74, 6) is 1.16. The quantitative estimate of drug-likeness (QED) is 0.649. The number of aliphatic imine (C=N–C) groups is 1. The summed E-state index contributed by atoms with van der Waals surface area (Å²) < 4.78 is 5.58. The standard InChI is InChI=1S/C15H19N5O/c1-11(2)21-14-7-5-12(6-8-14)19-15(16)17-10-13-4-3-9-18-20-13/h3-9,11H,10H2,1-2H3,(H3,16,17,19). The highest BCUT2D eigenvalue weighted by Gasteiger charge is 1.99. The highest BCUT2D eigenvalue weighted by atomic mass is 16.5. The second-order valence-corrected chi connectivity index (χ2v) is 4.73. The van der Waals surface area contributed by atoms with E-state index in [2.05, 4.69) is 20.5 Å². The number of aromatic nitrogens is 2. The molecule has 2 aromatic rings. The van der Waals surface area contributed by atoms with Crippen molar-refractivity contribution in [1.29, 1.82) is 0 Å². The molecule has 110 valence electrons. The zero-order valence-electron chi connectivity index (χ0n) is 12.2. The molecule has 1 aromatic carbocycles. The summed E-state index contributed by atoms with van der Waals surface area (Å²) in [6.45, 7) is 4.37. The van der Waals surface area contributed by atoms with E-state index in [-0.39, 0.29) is 6.10 Å². The molecular weight excluding hydrogens is 266 g/mol. The van der Waals surface area contributed by atoms with Crippen LogP contribution in [0.3, 0.4) is 0 Å². The number of guanidine groups is 1. The summed E-state index contributed by atoms with van der Waals surface area (Å²) in [6, 6.07) is 11.2. The summed E-state index contributed by atoms with van der Waals surface area (Å²) in [4.78, 5) is 4.21. The first-order valence-electron chi connectivity index (χ1n) is 6.74. The van der Waals surface area contributed by atoms with Crippen molar-refractivity contribution in [3.05, 3.63) is 48.3 Å². The van der Waals surface area contributed by atoms with Crippen LogP contribution < -0.4 is 15.8 Å². The molecule has 0 aliphatic rings. The summed E-state index contributed by atoms with van der Waals surface area (Å²) in [6.07, 6.45) is 1.78. The number of hydrogen-bond donors (Lipinski definition) is 2. The maximum Gasteiger partial charge on any atom is 0.193 e. The van der Waals surface area contributed by atoms with Gasteiger partial charge in [-0.2, -0.15) is 10.2 Å². The third kappa shape index (κ3) is 5.10. The van der Waals surface area contributed by atoms with Gasteiger partial charge in [-0.25, -0.2) is 4.99 Å². The van der Waals surface area contributed by atoms with Crippen LogP contribution in [0.2, 0.25) is 0 Å². The lowest BCUT2D eigenvalue weighted by atomic mass is 10.3. The van der Waals surface area contributed by atoms with Crippen LogP contribution in [0.25, 0.3) is 0 Å². The molecule has 0 amide bonds. The van der Waals surface area contributed by atoms with E-state index in [1.165, 1.54) is 0 Å². The van der Waals surface area contributed by atoms with Crippen molar-refractivity contribution in [2.45, 2.75) is 26.5 Å². The molecule has 3 N–H and O–H groups in total. The lowest BCUT2D eigenvalue weighted by Gasteiger charge is -2.10. The maximum absolute atomic E-state index is 5.83. The molecule has 0 bridgehead atoms. The van der Waals surface area contributed by atoms with Crippen molar-refractivity contribution < 1.29 is 4.74 Å². The average Bonchev–Trinajstić information content (AvgIpc) is 2.48. The summed E-state index contributed by atoms with van der Waals surface area (Å²) in [7, 11) is 0. The van der Waals surface area contributed by atoms with E-state index in [4.69, 9.17) is 10.5 Å². The first-order valence-corrected chi connectivity index (χ1v) is 6.74. The molecule has 21 heavy (non-hydrogen) atoms. The van der Waals surface area contributed by atoms with Crippen molar-refractivity contribution >= 4 is 11.6 Å². The van der Waals surface area contributed by atoms with Gasteiger partial charge in [-0.15, -0.1) is 0 Å². The van der Waals surface area contributed by atoms with Gasteiger partial charge in [0.2, 0.25) is 0 Å². The van der Waals surface area contributed by atoms with Crippen LogP contribution in [-0.2, 0) is 6.54 Å². The van der Waals surface area contributed by atoms with Crippen molar-refractivity contribution in [2.75, 3.05) is 5.32 Å². The number of benzene rings is 1. The molecule has 0 unspecified atom stereocenters. The number of nitrogens with one attached hydrogen (secondary N) is 1. The number of ether oxygens (including phenoxy) is 1. The highest BCUT2D eigenvalue weighted by molar-refractivity contribution is 5.92. The molecule has 0 radical (unpaired) electrons. The Labute approximate surface area is 124 Å². The Morgan fingerprint density at radius 2 is 2.05 bits per heavy atom. The minimum atomic E-state index is 0.155. The van der Waals surface area contributed by atoms with E-state index in [0.29, 0.717) is 12.5 Å². The Balaban J connectivity index is 1.91. The molecule has 0 fully saturated rings. The van der Waals surface area contributed by atoms with E-state index in [1.807, 2.05) is 50.2 Å². The third-order valence-electron chi connectivity index (χ3n) is 2.54. The van der Waals surface area contributed by atoms with E-state index in [1.54, 1.807) is 6.20 Å². The van der Waals surface area contributed by atoms with Gasteiger partial charge in [-0.3, -0.25) is 0 Å². The fraction of sp³-hybridized carbons (Fsp3) is 0.267. The van der Waals surface area contributed by atoms with E-state index in [9.17, 15) is 0 Å². The van der Waals surface area contributed by atoms with Crippen LogP contribution in [0.15, 0.2) is 47.6 Å². The predicted molar refractivity (Wildman–Crippen MR) is 83.2 cm³/mol. The van der Waals surface area contributed by atoms with Crippen LogP contribution in [0.5, 0.6) is 5.75 Å². The van der Waals surface area contributed by atoms with Crippen LogP contribution in [0, 0.1) is 0 Å². The minimum absolute atomic E-state index is 0.155. The monoisotopic (exact) mass is 285 g/mol. The number of anilines is 1. The van der Waals surface area contributed by atoms with Gasteiger partial charge in [-0.1, -0.05) is 0 Å². The highest BCUT2D eigenvalue weighted by Crippen LogP contribution is 2.16. The summed E-state index contributed by atoms with van der Waals surface area (Å²) in [5.41, 5.74) is 7.45. The summed E-state index contributed by atoms with van der Waals surface area (Å²) in [5, 5.41) is 10.7. The fourth-order valence-electron chi connectivity index (χ4n) is 1.66. The fourth-order valence-corrected chi connectivity index (χ4v) is 1.66. The Morgan fingerprint density at radius 3 is 2.67 bits per heavy atom. The molecule has 0 spiro atoms. The smallest absolute Gasteiger partial charge is 0.193 e. The van der Waals surface area contributed by atoms with Gasteiger partial charge >= 0.3 is 0 Å². The Kier molecular flexibility index (Phi) is 5.09.